The van der Waals surface area contributed by atoms with Gasteiger partial charge in [0.15, 0.2) is 0 Å². The zero-order valence-electron chi connectivity index (χ0n) is 15.2. The van der Waals surface area contributed by atoms with Gasteiger partial charge in [0.25, 0.3) is 0 Å². The number of likely N-dealkylation sites (N-methyl/N-ethyl adjacent to an activating group) is 1. The van der Waals surface area contributed by atoms with Gasteiger partial charge in [-0.15, -0.1) is 0 Å². The van der Waals surface area contributed by atoms with E-state index in [1.165, 1.54) is 14.2 Å². The van der Waals surface area contributed by atoms with E-state index < -0.39 is 0 Å². The molecule has 2 atom stereocenters. The Morgan fingerprint density at radius 2 is 1.46 bits per heavy atom. The Bertz CT molecular complexity index is 297. The zero-order valence-corrected chi connectivity index (χ0v) is 15.2. The van der Waals surface area contributed by atoms with Crippen LogP contribution in [-0.2, 0) is 23.9 Å². The van der Waals surface area contributed by atoms with E-state index in [-0.39, 0.29) is 46.8 Å². The molecule has 4 N–H and O–H groups in total. The number of hydrogen-bond donors (Lipinski definition) is 3. The third-order valence-electron chi connectivity index (χ3n) is 2.79. The fraction of sp³-hybridized carbons (Fsp3) is 0.833. The molecule has 0 bridgehead atoms. The Morgan fingerprint density at radius 1 is 1.00 bits per heavy atom. The summed E-state index contributed by atoms with van der Waals surface area (Å²) in [6.45, 7) is 3.86. The van der Waals surface area contributed by atoms with E-state index in [0.717, 1.165) is 19.1 Å². The molecule has 8 heteroatoms. The highest BCUT2D eigenvalue weighted by Crippen LogP contribution is 2.00. The van der Waals surface area contributed by atoms with Crippen molar-refractivity contribution >= 4 is 18.2 Å². The van der Waals surface area contributed by atoms with E-state index in [1.807, 2.05) is 7.05 Å². The van der Waals surface area contributed by atoms with Gasteiger partial charge in [0, 0.05) is 12.5 Å². The smallest absolute Gasteiger partial charge is 0.319 e. The number of carbonyl (C=O) groups excluding carboxylic acids is 3. The van der Waals surface area contributed by atoms with Crippen molar-refractivity contribution in [1.29, 1.82) is 0 Å². The molecule has 8 nitrogen and oxygen atoms in total. The maximum Gasteiger partial charge on any atom is 0.319 e. The summed E-state index contributed by atoms with van der Waals surface area (Å²) in [4.78, 5) is 30.1. The predicted molar refractivity (Wildman–Crippen MR) is 110 cm³/mol. The molecule has 0 radical (unpaired) electrons. The van der Waals surface area contributed by atoms with Crippen molar-refractivity contribution in [3.05, 3.63) is 0 Å². The molecule has 0 amide bonds. The molecule has 0 saturated carbocycles. The fourth-order valence-electron chi connectivity index (χ4n) is 0.950. The molecule has 0 spiro atoms. The molecular formula is C18H45N3O5. The maximum atomic E-state index is 10.6. The highest BCUT2D eigenvalue weighted by molar-refractivity contribution is 5.71. The van der Waals surface area contributed by atoms with E-state index in [2.05, 4.69) is 27.0 Å². The average Bonchev–Trinajstić information content (AvgIpc) is 2.60. The lowest BCUT2D eigenvalue weighted by atomic mass is 10.1. The van der Waals surface area contributed by atoms with Crippen LogP contribution in [0.5, 0.6) is 0 Å². The highest BCUT2D eigenvalue weighted by Gasteiger charge is 2.02. The van der Waals surface area contributed by atoms with Crippen molar-refractivity contribution in [2.75, 3.05) is 34.9 Å². The van der Waals surface area contributed by atoms with Crippen molar-refractivity contribution in [1.82, 2.24) is 10.6 Å². The first-order valence-corrected chi connectivity index (χ1v) is 7.46. The van der Waals surface area contributed by atoms with E-state index >= 15 is 0 Å². The summed E-state index contributed by atoms with van der Waals surface area (Å²) in [5, 5.41) is 5.85. The van der Waals surface area contributed by atoms with Crippen LogP contribution in [-0.4, -0.2) is 65.2 Å². The molecule has 2 unspecified atom stereocenters. The lowest BCUT2D eigenvalue weighted by Crippen LogP contribution is -2.21. The number of carbonyl (C=O) groups is 3. The van der Waals surface area contributed by atoms with Crippen LogP contribution in [0, 0.1) is 0 Å². The van der Waals surface area contributed by atoms with Gasteiger partial charge in [0.1, 0.15) is 6.29 Å². The molecule has 0 aliphatic rings. The third kappa shape index (κ3) is 38.2. The topological polar surface area (TPSA) is 120 Å². The van der Waals surface area contributed by atoms with Crippen LogP contribution < -0.4 is 16.4 Å². The predicted octanol–water partition coefficient (Wildman–Crippen LogP) is 1.76. The Morgan fingerprint density at radius 3 is 1.65 bits per heavy atom. The third-order valence-corrected chi connectivity index (χ3v) is 2.79. The summed E-state index contributed by atoms with van der Waals surface area (Å²) in [7, 11) is 6.39. The molecule has 162 valence electrons. The minimum Gasteiger partial charge on any atom is -0.469 e. The summed E-state index contributed by atoms with van der Waals surface area (Å²) < 4.78 is 8.64. The number of nitrogens with one attached hydrogen (secondary N) is 2. The normalized spacial score (nSPS) is 10.3. The van der Waals surface area contributed by atoms with Crippen molar-refractivity contribution in [3.63, 3.8) is 0 Å². The van der Waals surface area contributed by atoms with Gasteiger partial charge in [-0.2, -0.15) is 0 Å². The molecule has 0 aromatic carbocycles. The first-order valence-electron chi connectivity index (χ1n) is 7.46. The summed E-state index contributed by atoms with van der Waals surface area (Å²) in [5.74, 6) is -0.497. The SMILES string of the molecule is C.C.C.CNC(C)C=O.CNC(C)CCCC(=O)OC.COC(=O)CN. The van der Waals surface area contributed by atoms with Crippen LogP contribution in [0.15, 0.2) is 0 Å². The van der Waals surface area contributed by atoms with Gasteiger partial charge in [-0.3, -0.25) is 9.59 Å². The van der Waals surface area contributed by atoms with Crippen LogP contribution in [0.2, 0.25) is 0 Å². The van der Waals surface area contributed by atoms with Crippen LogP contribution >= 0.6 is 0 Å². The van der Waals surface area contributed by atoms with Crippen LogP contribution in [0.25, 0.3) is 0 Å². The van der Waals surface area contributed by atoms with Gasteiger partial charge >= 0.3 is 11.9 Å². The van der Waals surface area contributed by atoms with Gasteiger partial charge < -0.3 is 30.6 Å². The molecule has 0 aliphatic heterocycles. The second kappa shape index (κ2) is 31.3. The summed E-state index contributed by atoms with van der Waals surface area (Å²) in [6, 6.07) is 0.490. The fourth-order valence-corrected chi connectivity index (χ4v) is 0.950. The molecular weight excluding hydrogens is 338 g/mol. The molecule has 0 heterocycles. The quantitative estimate of drug-likeness (QED) is 0.428. The molecule has 0 aliphatic carbocycles. The number of hydrogen-bond acceptors (Lipinski definition) is 8. The maximum absolute atomic E-state index is 10.6. The molecule has 0 aromatic rings. The second-order valence-electron chi connectivity index (χ2n) is 4.65. The first kappa shape index (κ1) is 39.5. The van der Waals surface area contributed by atoms with E-state index in [1.54, 1.807) is 14.0 Å². The van der Waals surface area contributed by atoms with Crippen LogP contribution in [0.3, 0.4) is 0 Å². The molecule has 0 saturated heterocycles. The average molecular weight is 384 g/mol. The Hall–Kier alpha value is -1.51. The zero-order chi connectivity index (χ0) is 18.7. The van der Waals surface area contributed by atoms with Crippen molar-refractivity contribution < 1.29 is 23.9 Å². The second-order valence-corrected chi connectivity index (χ2v) is 4.65. The summed E-state index contributed by atoms with van der Waals surface area (Å²) in [5.41, 5.74) is 4.81. The van der Waals surface area contributed by atoms with Gasteiger partial charge in [-0.05, 0) is 40.8 Å². The van der Waals surface area contributed by atoms with Gasteiger partial charge in [-0.1, -0.05) is 22.3 Å². The minimum absolute atomic E-state index is 0. The Labute approximate surface area is 161 Å². The standard InChI is InChI=1S/C8H17NO2.C4H9NO.C3H7NO2.3CH4/c1-7(9-2)5-4-6-8(10)11-3;1-4(3-6)5-2;1-6-3(5)2-4;;;/h7,9H,4-6H2,1-3H3;3-5H,1-2H3;2,4H2,1H3;3*1H4. The van der Waals surface area contributed by atoms with Crippen molar-refractivity contribution in [2.45, 2.75) is 67.5 Å². The van der Waals surface area contributed by atoms with Gasteiger partial charge in [0.2, 0.25) is 0 Å². The van der Waals surface area contributed by atoms with Crippen LogP contribution in [0.1, 0.15) is 55.4 Å². The van der Waals surface area contributed by atoms with Crippen LogP contribution in [0.4, 0.5) is 0 Å². The lowest BCUT2D eigenvalue weighted by Gasteiger charge is -2.07. The number of aldehydes is 1. The summed E-state index contributed by atoms with van der Waals surface area (Å²) in [6.07, 6.45) is 3.31. The molecule has 26 heavy (non-hydrogen) atoms. The van der Waals surface area contributed by atoms with E-state index in [9.17, 15) is 14.4 Å². The number of esters is 2. The van der Waals surface area contributed by atoms with E-state index in [0.29, 0.717) is 12.5 Å². The largest absolute Gasteiger partial charge is 0.469 e. The number of rotatable bonds is 8. The van der Waals surface area contributed by atoms with Crippen molar-refractivity contribution in [2.24, 2.45) is 5.73 Å². The van der Waals surface area contributed by atoms with Gasteiger partial charge in [0.05, 0.1) is 26.8 Å². The minimum atomic E-state index is -0.380. The van der Waals surface area contributed by atoms with Crippen molar-refractivity contribution in [3.8, 4) is 0 Å². The number of nitrogens with two attached hydrogens (primary N) is 1. The number of methoxy groups -OCH3 is 2. The highest BCUT2D eigenvalue weighted by atomic mass is 16.5. The van der Waals surface area contributed by atoms with Gasteiger partial charge in [-0.25, -0.2) is 0 Å². The molecule has 0 rings (SSSR count). The summed E-state index contributed by atoms with van der Waals surface area (Å²) >= 11 is 0. The Kier molecular flexibility index (Phi) is 47.5. The van der Waals surface area contributed by atoms with E-state index in [4.69, 9.17) is 5.73 Å². The Balaban J connectivity index is -0.0000000583. The number of ether oxygens (including phenoxy) is 2. The lowest BCUT2D eigenvalue weighted by molar-refractivity contribution is -0.141. The molecule has 0 fully saturated rings. The monoisotopic (exact) mass is 383 g/mol. The first-order chi connectivity index (χ1) is 10.8. The molecule has 0 aromatic heterocycles.